The van der Waals surface area contributed by atoms with Gasteiger partial charge >= 0.3 is 0 Å². The van der Waals surface area contributed by atoms with Gasteiger partial charge in [-0.05, 0) is 36.2 Å². The second-order valence-electron chi connectivity index (χ2n) is 6.04. The van der Waals surface area contributed by atoms with E-state index in [2.05, 4.69) is 51.7 Å². The van der Waals surface area contributed by atoms with E-state index in [9.17, 15) is 5.11 Å². The van der Waals surface area contributed by atoms with E-state index in [0.29, 0.717) is 0 Å². The van der Waals surface area contributed by atoms with Crippen LogP contribution in [0.1, 0.15) is 18.1 Å². The molecule has 1 atom stereocenters. The van der Waals surface area contributed by atoms with Gasteiger partial charge in [0.25, 0.3) is 0 Å². The van der Waals surface area contributed by atoms with Gasteiger partial charge < -0.3 is 20.6 Å². The zero-order chi connectivity index (χ0) is 17.2. The van der Waals surface area contributed by atoms with E-state index < -0.39 is 0 Å². The predicted molar refractivity (Wildman–Crippen MR) is 101 cm³/mol. The van der Waals surface area contributed by atoms with Gasteiger partial charge in [0.15, 0.2) is 6.17 Å². The fraction of sp³-hybridized carbons (Fsp3) is 0.150. The van der Waals surface area contributed by atoms with E-state index in [0.717, 1.165) is 29.2 Å². The lowest BCUT2D eigenvalue weighted by molar-refractivity contribution is 0.460. The zero-order valence-electron chi connectivity index (χ0n) is 14.0. The molecular formula is C20H20N4O. The molecule has 3 N–H and O–H groups in total. The second-order valence-corrected chi connectivity index (χ2v) is 6.04. The molecule has 5 heteroatoms. The van der Waals surface area contributed by atoms with Gasteiger partial charge in [-0.3, -0.25) is 0 Å². The summed E-state index contributed by atoms with van der Waals surface area (Å²) in [6.45, 7) is 2.15. The van der Waals surface area contributed by atoms with Gasteiger partial charge in [-0.2, -0.15) is 0 Å². The molecule has 25 heavy (non-hydrogen) atoms. The van der Waals surface area contributed by atoms with Crippen molar-refractivity contribution in [2.75, 3.05) is 5.32 Å². The highest BCUT2D eigenvalue weighted by atomic mass is 16.3. The number of phenolic OH excluding ortho intramolecular Hbond substituents is 1. The Morgan fingerprint density at radius 1 is 1.20 bits per heavy atom. The minimum Gasteiger partial charge on any atom is -0.508 e. The number of benzene rings is 2. The van der Waals surface area contributed by atoms with Gasteiger partial charge in [0.1, 0.15) is 11.6 Å². The first-order valence-electron chi connectivity index (χ1n) is 8.39. The molecule has 0 aliphatic carbocycles. The van der Waals surface area contributed by atoms with Gasteiger partial charge in [-0.25, -0.2) is 4.99 Å². The second kappa shape index (κ2) is 6.36. The molecule has 0 saturated carbocycles. The molecule has 4 rings (SSSR count). The SMILES string of the molecule is CCc1ccc(NC2=NC=CN3C(c4cccc(O)c4)=CNC23)cc1. The normalized spacial score (nSPS) is 18.3. The van der Waals surface area contributed by atoms with Gasteiger partial charge in [-0.15, -0.1) is 0 Å². The Morgan fingerprint density at radius 2 is 2.04 bits per heavy atom. The smallest absolute Gasteiger partial charge is 0.163 e. The number of anilines is 1. The van der Waals surface area contributed by atoms with Crippen molar-refractivity contribution in [3.63, 3.8) is 0 Å². The maximum atomic E-state index is 9.74. The number of hydrogen-bond acceptors (Lipinski definition) is 5. The topological polar surface area (TPSA) is 59.9 Å². The van der Waals surface area contributed by atoms with E-state index in [-0.39, 0.29) is 11.9 Å². The van der Waals surface area contributed by atoms with E-state index in [4.69, 9.17) is 0 Å². The fourth-order valence-corrected chi connectivity index (χ4v) is 3.05. The van der Waals surface area contributed by atoms with Crippen molar-refractivity contribution in [1.29, 1.82) is 0 Å². The number of nitrogens with one attached hydrogen (secondary N) is 2. The van der Waals surface area contributed by atoms with Crippen molar-refractivity contribution < 1.29 is 5.11 Å². The third-order valence-corrected chi connectivity index (χ3v) is 4.41. The lowest BCUT2D eigenvalue weighted by Crippen LogP contribution is -2.45. The molecule has 2 aliphatic heterocycles. The molecule has 5 nitrogen and oxygen atoms in total. The molecule has 0 radical (unpaired) electrons. The Morgan fingerprint density at radius 3 is 2.80 bits per heavy atom. The van der Waals surface area contributed by atoms with Crippen molar-refractivity contribution in [2.45, 2.75) is 19.5 Å². The molecule has 0 spiro atoms. The highest BCUT2D eigenvalue weighted by molar-refractivity contribution is 6.01. The van der Waals surface area contributed by atoms with Crippen LogP contribution in [-0.2, 0) is 6.42 Å². The number of aliphatic imine (C=N–C) groups is 1. The van der Waals surface area contributed by atoms with E-state index in [1.165, 1.54) is 5.56 Å². The Labute approximate surface area is 147 Å². The predicted octanol–water partition coefficient (Wildman–Crippen LogP) is 3.48. The molecule has 2 aromatic carbocycles. The van der Waals surface area contributed by atoms with Crippen LogP contribution >= 0.6 is 0 Å². The lowest BCUT2D eigenvalue weighted by atomic mass is 10.1. The number of fused-ring (bicyclic) bond motifs is 1. The average molecular weight is 332 g/mol. The van der Waals surface area contributed by atoms with Gasteiger partial charge in [0.05, 0.1) is 5.70 Å². The van der Waals surface area contributed by atoms with Gasteiger partial charge in [0, 0.05) is 29.9 Å². The number of phenols is 1. The molecule has 0 amide bonds. The molecule has 1 unspecified atom stereocenters. The van der Waals surface area contributed by atoms with E-state index in [1.807, 2.05) is 24.5 Å². The maximum Gasteiger partial charge on any atom is 0.163 e. The van der Waals surface area contributed by atoms with Crippen LogP contribution in [0.2, 0.25) is 0 Å². The molecule has 2 heterocycles. The highest BCUT2D eigenvalue weighted by Crippen LogP contribution is 2.29. The molecule has 2 aromatic rings. The van der Waals surface area contributed by atoms with Gasteiger partial charge in [-0.1, -0.05) is 31.2 Å². The maximum absolute atomic E-state index is 9.74. The summed E-state index contributed by atoms with van der Waals surface area (Å²) in [6, 6.07) is 15.6. The standard InChI is InChI=1S/C20H20N4O/c1-2-14-6-8-16(9-7-14)23-19-20-22-13-18(24(20)11-10-21-19)15-4-3-5-17(25)12-15/h3-13,20,22,25H,2H2,1H3,(H,21,23). The Hall–Kier alpha value is -3.21. The fourth-order valence-electron chi connectivity index (χ4n) is 3.05. The van der Waals surface area contributed by atoms with Crippen LogP contribution in [-0.4, -0.2) is 22.0 Å². The summed E-state index contributed by atoms with van der Waals surface area (Å²) >= 11 is 0. The van der Waals surface area contributed by atoms with Crippen LogP contribution in [0, 0.1) is 0 Å². The van der Waals surface area contributed by atoms with Crippen LogP contribution in [0.4, 0.5) is 5.69 Å². The van der Waals surface area contributed by atoms with Gasteiger partial charge in [0.2, 0.25) is 0 Å². The summed E-state index contributed by atoms with van der Waals surface area (Å²) in [7, 11) is 0. The molecule has 0 fully saturated rings. The minimum absolute atomic E-state index is 0.0896. The quantitative estimate of drug-likeness (QED) is 0.805. The van der Waals surface area contributed by atoms with Crippen LogP contribution in [0.5, 0.6) is 5.75 Å². The summed E-state index contributed by atoms with van der Waals surface area (Å²) in [5, 5.41) is 16.5. The van der Waals surface area contributed by atoms with Crippen LogP contribution in [0.25, 0.3) is 5.70 Å². The third kappa shape index (κ3) is 2.96. The van der Waals surface area contributed by atoms with Crippen LogP contribution in [0.15, 0.2) is 72.1 Å². The molecule has 0 aromatic heterocycles. The summed E-state index contributed by atoms with van der Waals surface area (Å²) < 4.78 is 0. The first kappa shape index (κ1) is 15.3. The van der Waals surface area contributed by atoms with Crippen molar-refractivity contribution in [2.24, 2.45) is 4.99 Å². The summed E-state index contributed by atoms with van der Waals surface area (Å²) in [6.07, 6.45) is 6.61. The molecule has 0 saturated heterocycles. The highest BCUT2D eigenvalue weighted by Gasteiger charge is 2.31. The first-order chi connectivity index (χ1) is 12.2. The summed E-state index contributed by atoms with van der Waals surface area (Å²) in [5.41, 5.74) is 4.27. The monoisotopic (exact) mass is 332 g/mol. The van der Waals surface area contributed by atoms with Crippen molar-refractivity contribution in [3.8, 4) is 5.75 Å². The molecule has 2 aliphatic rings. The lowest BCUT2D eigenvalue weighted by Gasteiger charge is -2.29. The zero-order valence-corrected chi connectivity index (χ0v) is 14.0. The molecule has 126 valence electrons. The minimum atomic E-state index is -0.0896. The van der Waals surface area contributed by atoms with Crippen molar-refractivity contribution in [3.05, 3.63) is 78.3 Å². The number of rotatable bonds is 3. The average Bonchev–Trinajstić information content (AvgIpc) is 3.07. The van der Waals surface area contributed by atoms with Crippen molar-refractivity contribution in [1.82, 2.24) is 10.2 Å². The summed E-state index contributed by atoms with van der Waals surface area (Å²) in [4.78, 5) is 6.60. The number of nitrogens with zero attached hydrogens (tertiary/aromatic N) is 2. The Balaban J connectivity index is 1.54. The Kier molecular flexibility index (Phi) is 3.90. The largest absolute Gasteiger partial charge is 0.508 e. The van der Waals surface area contributed by atoms with Crippen molar-refractivity contribution >= 4 is 17.2 Å². The van der Waals surface area contributed by atoms with Crippen LogP contribution < -0.4 is 10.6 Å². The van der Waals surface area contributed by atoms with E-state index >= 15 is 0 Å². The molecular weight excluding hydrogens is 312 g/mol. The third-order valence-electron chi connectivity index (χ3n) is 4.41. The summed E-state index contributed by atoms with van der Waals surface area (Å²) in [5.74, 6) is 1.09. The molecule has 0 bridgehead atoms. The number of hydrogen-bond donors (Lipinski definition) is 3. The number of aryl methyl sites for hydroxylation is 1. The Bertz CT molecular complexity index is 868. The number of amidine groups is 1. The number of aromatic hydroxyl groups is 1. The first-order valence-corrected chi connectivity index (χ1v) is 8.39. The van der Waals surface area contributed by atoms with Crippen LogP contribution in [0.3, 0.4) is 0 Å². The van der Waals surface area contributed by atoms with E-state index in [1.54, 1.807) is 18.3 Å².